The monoisotopic (exact) mass is 832 g/mol. The maximum absolute atomic E-state index is 12.6. The molecule has 0 spiro atoms. The Bertz CT molecular complexity index is 1350. The highest BCUT2D eigenvalue weighted by atomic mass is 31.2. The minimum atomic E-state index is -4.75. The molecule has 0 radical (unpaired) electrons. The number of carboxylic acid groups (broad SMARTS) is 1. The van der Waals surface area contributed by atoms with Crippen molar-refractivity contribution in [2.45, 2.75) is 154 Å². The number of nitrogens with two attached hydrogens (primary N) is 1. The van der Waals surface area contributed by atoms with Gasteiger partial charge in [-0.2, -0.15) is 0 Å². The van der Waals surface area contributed by atoms with Crippen molar-refractivity contribution in [2.75, 3.05) is 19.8 Å². The molecule has 0 bridgehead atoms. The Morgan fingerprint density at radius 3 is 1.29 bits per heavy atom. The van der Waals surface area contributed by atoms with Crippen LogP contribution in [0.1, 0.15) is 142 Å². The third-order valence-corrected chi connectivity index (χ3v) is 9.26. The van der Waals surface area contributed by atoms with Gasteiger partial charge in [-0.15, -0.1) is 0 Å². The van der Waals surface area contributed by atoms with Gasteiger partial charge in [-0.25, -0.2) is 4.57 Å². The molecule has 0 saturated carbocycles. The molecule has 1 unspecified atom stereocenters. The molecule has 0 rings (SSSR count). The van der Waals surface area contributed by atoms with Crippen LogP contribution in [0.25, 0.3) is 0 Å². The first kappa shape index (κ1) is 54.4. The second-order valence-corrected chi connectivity index (χ2v) is 15.2. The van der Waals surface area contributed by atoms with Gasteiger partial charge in [0.1, 0.15) is 12.6 Å². The molecule has 0 amide bonds. The van der Waals surface area contributed by atoms with E-state index in [0.29, 0.717) is 25.7 Å². The molecule has 0 aliphatic heterocycles. The van der Waals surface area contributed by atoms with Crippen LogP contribution in [0.2, 0.25) is 0 Å². The number of rotatable bonds is 38. The Kier molecular flexibility index (Phi) is 37.7. The zero-order chi connectivity index (χ0) is 42.8. The van der Waals surface area contributed by atoms with Crippen LogP contribution >= 0.6 is 7.82 Å². The van der Waals surface area contributed by atoms with Gasteiger partial charge in [0, 0.05) is 12.8 Å². The summed E-state index contributed by atoms with van der Waals surface area (Å²) in [6.07, 6.45) is 50.6. The molecule has 0 aliphatic rings. The molecule has 0 aliphatic carbocycles. The molecular weight excluding hydrogens is 757 g/mol. The quantitative estimate of drug-likeness (QED) is 0.0234. The van der Waals surface area contributed by atoms with Gasteiger partial charge in [-0.05, 0) is 89.9 Å². The number of unbranched alkanes of at least 4 members (excludes halogenated alkanes) is 8. The summed E-state index contributed by atoms with van der Waals surface area (Å²) in [6, 6.07) is -1.54. The molecule has 328 valence electrons. The fourth-order valence-corrected chi connectivity index (χ4v) is 5.71. The number of carboxylic acids is 1. The fourth-order valence-electron chi connectivity index (χ4n) is 4.93. The fraction of sp³-hybridized carbons (Fsp3) is 0.587. The molecule has 4 N–H and O–H groups in total. The minimum Gasteiger partial charge on any atom is -0.480 e. The van der Waals surface area contributed by atoms with Gasteiger partial charge in [0.25, 0.3) is 0 Å². The summed E-state index contributed by atoms with van der Waals surface area (Å²) in [5.74, 6) is -2.54. The van der Waals surface area contributed by atoms with Crippen LogP contribution in [0.15, 0.2) is 97.2 Å². The molecule has 58 heavy (non-hydrogen) atoms. The summed E-state index contributed by atoms with van der Waals surface area (Å²) < 4.78 is 32.5. The number of ether oxygens (including phenoxy) is 2. The van der Waals surface area contributed by atoms with Crippen LogP contribution in [-0.4, -0.2) is 59.9 Å². The Morgan fingerprint density at radius 2 is 0.897 bits per heavy atom. The Hall–Kier alpha value is -3.60. The lowest BCUT2D eigenvalue weighted by molar-refractivity contribution is -0.161. The summed E-state index contributed by atoms with van der Waals surface area (Å²) in [6.45, 7) is 2.61. The van der Waals surface area contributed by atoms with Crippen molar-refractivity contribution in [3.63, 3.8) is 0 Å². The van der Waals surface area contributed by atoms with E-state index in [2.05, 4.69) is 91.3 Å². The van der Waals surface area contributed by atoms with Gasteiger partial charge in [0.05, 0.1) is 13.2 Å². The molecule has 0 saturated heterocycles. The van der Waals surface area contributed by atoms with Crippen molar-refractivity contribution < 1.29 is 47.5 Å². The Morgan fingerprint density at radius 1 is 0.534 bits per heavy atom. The first-order valence-corrected chi connectivity index (χ1v) is 22.8. The van der Waals surface area contributed by atoms with Gasteiger partial charge in [-0.1, -0.05) is 137 Å². The van der Waals surface area contributed by atoms with Crippen molar-refractivity contribution in [3.8, 4) is 0 Å². The summed E-state index contributed by atoms with van der Waals surface area (Å²) in [5, 5.41) is 8.88. The largest absolute Gasteiger partial charge is 0.480 e. The zero-order valence-electron chi connectivity index (χ0n) is 35.3. The van der Waals surface area contributed by atoms with Crippen LogP contribution < -0.4 is 5.73 Å². The molecule has 0 fully saturated rings. The predicted molar refractivity (Wildman–Crippen MR) is 235 cm³/mol. The molecule has 0 aromatic heterocycles. The number of phosphoric acid groups is 1. The summed E-state index contributed by atoms with van der Waals surface area (Å²) in [4.78, 5) is 45.9. The van der Waals surface area contributed by atoms with Gasteiger partial charge < -0.3 is 25.2 Å². The van der Waals surface area contributed by atoms with Gasteiger partial charge in [-0.3, -0.25) is 23.4 Å². The molecule has 3 atom stereocenters. The number of carbonyl (C=O) groups excluding carboxylic acids is 2. The van der Waals surface area contributed by atoms with Crippen LogP contribution in [0.5, 0.6) is 0 Å². The first-order valence-electron chi connectivity index (χ1n) is 21.3. The SMILES string of the molecule is CCCCC/C=C/C/C=C/C/C=C/C/C=C/CCCC(=O)OC[C@H](COP(=O)(O)OC[C@H](N)C(=O)O)OC(=O)CCC/C=C/C/C=C/C/C=C/C/C=C/CCCCC. The maximum Gasteiger partial charge on any atom is 0.472 e. The average Bonchev–Trinajstić information content (AvgIpc) is 3.20. The number of aliphatic carboxylic acids is 1. The topological polar surface area (TPSA) is 172 Å². The van der Waals surface area contributed by atoms with Crippen molar-refractivity contribution in [2.24, 2.45) is 5.73 Å². The standard InChI is InChI=1S/C46H74NO10P/c1-3-5-7-9-11-13-15-17-19-21-23-25-27-29-31-33-35-37-44(48)54-39-42(40-55-58(52,53)56-41-43(47)46(50)51)57-45(49)38-36-34-32-30-28-26-24-22-20-18-16-14-12-10-8-6-4-2/h11-14,17-20,23-26,29-32,42-43H,3-10,15-16,21-22,27-28,33-41,47H2,1-2H3,(H,50,51)(H,52,53)/b13-11+,14-12+,19-17+,20-18+,25-23+,26-24+,31-29+,32-30+/t42-,43+/m1/s1. The van der Waals surface area contributed by atoms with E-state index in [4.69, 9.17) is 24.8 Å². The molecular formula is C46H74NO10P. The second-order valence-electron chi connectivity index (χ2n) is 13.8. The molecule has 0 aromatic carbocycles. The Balaban J connectivity index is 4.60. The highest BCUT2D eigenvalue weighted by Gasteiger charge is 2.28. The van der Waals surface area contributed by atoms with Gasteiger partial charge in [0.2, 0.25) is 0 Å². The van der Waals surface area contributed by atoms with Crippen LogP contribution in [-0.2, 0) is 37.5 Å². The molecule has 11 nitrogen and oxygen atoms in total. The van der Waals surface area contributed by atoms with Crippen LogP contribution in [0.4, 0.5) is 0 Å². The third-order valence-electron chi connectivity index (χ3n) is 8.30. The smallest absolute Gasteiger partial charge is 0.472 e. The number of phosphoric ester groups is 1. The summed E-state index contributed by atoms with van der Waals surface area (Å²) in [7, 11) is -4.75. The number of esters is 2. The van der Waals surface area contributed by atoms with Crippen molar-refractivity contribution in [1.82, 2.24) is 0 Å². The normalized spacial score (nSPS) is 14.7. The second kappa shape index (κ2) is 40.2. The number of allylic oxidation sites excluding steroid dienone is 16. The maximum atomic E-state index is 12.6. The molecule has 0 heterocycles. The van der Waals surface area contributed by atoms with E-state index in [1.54, 1.807) is 0 Å². The zero-order valence-corrected chi connectivity index (χ0v) is 36.2. The number of hydrogen-bond donors (Lipinski definition) is 3. The van der Waals surface area contributed by atoms with Gasteiger partial charge in [0.15, 0.2) is 6.10 Å². The average molecular weight is 832 g/mol. The highest BCUT2D eigenvalue weighted by Crippen LogP contribution is 2.43. The van der Waals surface area contributed by atoms with E-state index < -0.39 is 57.7 Å². The number of hydrogen-bond acceptors (Lipinski definition) is 9. The lowest BCUT2D eigenvalue weighted by Crippen LogP contribution is -2.34. The van der Waals surface area contributed by atoms with Crippen LogP contribution in [0.3, 0.4) is 0 Å². The van der Waals surface area contributed by atoms with Crippen LogP contribution in [0, 0.1) is 0 Å². The van der Waals surface area contributed by atoms with Gasteiger partial charge >= 0.3 is 25.7 Å². The third kappa shape index (κ3) is 39.2. The van der Waals surface area contributed by atoms with Crippen molar-refractivity contribution >= 4 is 25.7 Å². The number of carbonyl (C=O) groups is 3. The highest BCUT2D eigenvalue weighted by molar-refractivity contribution is 7.47. The summed E-state index contributed by atoms with van der Waals surface area (Å²) in [5.41, 5.74) is 5.32. The molecule has 0 aromatic rings. The minimum absolute atomic E-state index is 0.0678. The molecule has 12 heteroatoms. The van der Waals surface area contributed by atoms with Crippen molar-refractivity contribution in [1.29, 1.82) is 0 Å². The summed E-state index contributed by atoms with van der Waals surface area (Å²) >= 11 is 0. The van der Waals surface area contributed by atoms with E-state index in [1.807, 2.05) is 24.3 Å². The van der Waals surface area contributed by atoms with E-state index in [9.17, 15) is 23.8 Å². The Labute approximate surface area is 349 Å². The predicted octanol–water partition coefficient (Wildman–Crippen LogP) is 11.3. The van der Waals surface area contributed by atoms with Crippen molar-refractivity contribution in [3.05, 3.63) is 97.2 Å². The first-order chi connectivity index (χ1) is 28.1. The van der Waals surface area contributed by atoms with E-state index >= 15 is 0 Å². The van der Waals surface area contributed by atoms with E-state index in [1.165, 1.54) is 38.5 Å². The lowest BCUT2D eigenvalue weighted by atomic mass is 10.2. The van der Waals surface area contributed by atoms with E-state index in [-0.39, 0.29) is 12.8 Å². The lowest BCUT2D eigenvalue weighted by Gasteiger charge is -2.20. The van der Waals surface area contributed by atoms with E-state index in [0.717, 1.165) is 51.4 Å².